The lowest BCUT2D eigenvalue weighted by atomic mass is 9.63. The number of rotatable bonds is 10. The maximum absolute atomic E-state index is 10.3. The summed E-state index contributed by atoms with van der Waals surface area (Å²) in [5, 5.41) is 20.4. The van der Waals surface area contributed by atoms with E-state index in [0.29, 0.717) is 12.3 Å². The number of aliphatic hydroxyl groups is 2. The van der Waals surface area contributed by atoms with Crippen LogP contribution in [0.5, 0.6) is 0 Å². The molecule has 1 saturated heterocycles. The fourth-order valence-corrected chi connectivity index (χ4v) is 7.27. The van der Waals surface area contributed by atoms with Gasteiger partial charge in [0.05, 0.1) is 12.2 Å². The van der Waals surface area contributed by atoms with Crippen LogP contribution in [0.15, 0.2) is 82.5 Å². The predicted octanol–water partition coefficient (Wildman–Crippen LogP) is 9.51. The summed E-state index contributed by atoms with van der Waals surface area (Å²) in [6, 6.07) is 0. The van der Waals surface area contributed by atoms with Crippen molar-refractivity contribution in [2.45, 2.75) is 138 Å². The van der Waals surface area contributed by atoms with Gasteiger partial charge in [0.2, 0.25) is 0 Å². The summed E-state index contributed by atoms with van der Waals surface area (Å²) in [6.45, 7) is 21.7. The van der Waals surface area contributed by atoms with E-state index in [2.05, 4.69) is 136 Å². The fraction of sp³-hybridized carbons (Fsp3) is 0.600. The summed E-state index contributed by atoms with van der Waals surface area (Å²) in [7, 11) is 0. The van der Waals surface area contributed by atoms with E-state index in [1.165, 1.54) is 22.3 Å². The van der Waals surface area contributed by atoms with Gasteiger partial charge in [-0.05, 0) is 90.7 Å². The van der Waals surface area contributed by atoms with Gasteiger partial charge in [-0.15, -0.1) is 0 Å². The lowest BCUT2D eigenvalue weighted by Gasteiger charge is -2.39. The average molecular weight is 587 g/mol. The molecule has 3 nitrogen and oxygen atoms in total. The van der Waals surface area contributed by atoms with Crippen LogP contribution < -0.4 is 0 Å². The molecule has 0 bridgehead atoms. The lowest BCUT2D eigenvalue weighted by molar-refractivity contribution is 0.0515. The molecule has 1 saturated carbocycles. The van der Waals surface area contributed by atoms with Gasteiger partial charge in [-0.25, -0.2) is 0 Å². The number of ether oxygens (including phenoxy) is 1. The van der Waals surface area contributed by atoms with Crippen molar-refractivity contribution in [3.8, 4) is 11.8 Å². The van der Waals surface area contributed by atoms with Crippen LogP contribution in [0.4, 0.5) is 0 Å². The van der Waals surface area contributed by atoms with Gasteiger partial charge in [0.1, 0.15) is 11.2 Å². The standard InChI is InChI=1S/C40H58O3/c1-29(17-13-19-31(3)21-22-36-33(5)25-34(41)26-37(36,6)7)15-11-12-16-30(2)18-14-20-32(4)23-24-40-38(8,9)27-35(42)28-39(40,10)43-40/h11-13,16-17,19-20,23-24,29,34-35,41-42H,14-15,18,25-28H2,1-10H3/b12-11+,17-13+,24-23+,30-16+,31-19+,32-20+/t29-,34+,35-,39+,40-/m0/s1. The average Bonchev–Trinajstić information content (AvgIpc) is 3.49. The number of hydrogen-bond donors (Lipinski definition) is 2. The first-order valence-corrected chi connectivity index (χ1v) is 16.3. The molecule has 236 valence electrons. The third-order valence-electron chi connectivity index (χ3n) is 9.68. The van der Waals surface area contributed by atoms with Gasteiger partial charge in [0.15, 0.2) is 0 Å². The predicted molar refractivity (Wildman–Crippen MR) is 182 cm³/mol. The molecule has 0 aromatic rings. The van der Waals surface area contributed by atoms with E-state index in [9.17, 15) is 10.2 Å². The molecule has 1 aliphatic heterocycles. The molecule has 3 aliphatic rings. The minimum atomic E-state index is -0.277. The van der Waals surface area contributed by atoms with E-state index in [1.54, 1.807) is 0 Å². The SMILES string of the molecule is CC1=C(C#C/C(C)=C/C=C/[C@@H](C)C/C=C/C=C(\C)CC/C=C(C)/C=C/[C@@]23O[C@]2(C)C[C@@H](O)CC3(C)C)C(C)(C)C[C@H](O)C1. The van der Waals surface area contributed by atoms with Crippen molar-refractivity contribution >= 4 is 0 Å². The number of allylic oxidation sites excluding steroid dienone is 12. The first-order chi connectivity index (χ1) is 20.0. The number of epoxide rings is 1. The van der Waals surface area contributed by atoms with Crippen LogP contribution in [0, 0.1) is 28.6 Å². The topological polar surface area (TPSA) is 53.0 Å². The monoisotopic (exact) mass is 586 g/mol. The van der Waals surface area contributed by atoms with Crippen LogP contribution in [0.1, 0.15) is 114 Å². The van der Waals surface area contributed by atoms with Crippen molar-refractivity contribution < 1.29 is 14.9 Å². The van der Waals surface area contributed by atoms with Crippen LogP contribution in [-0.2, 0) is 4.74 Å². The molecule has 0 spiro atoms. The normalized spacial score (nSPS) is 31.9. The Kier molecular flexibility index (Phi) is 11.6. The molecule has 2 fully saturated rings. The Bertz CT molecular complexity index is 1280. The van der Waals surface area contributed by atoms with Crippen LogP contribution in [0.25, 0.3) is 0 Å². The van der Waals surface area contributed by atoms with E-state index in [0.717, 1.165) is 44.1 Å². The van der Waals surface area contributed by atoms with Gasteiger partial charge in [0, 0.05) is 22.8 Å². The zero-order valence-electron chi connectivity index (χ0n) is 28.7. The van der Waals surface area contributed by atoms with Crippen LogP contribution >= 0.6 is 0 Å². The molecule has 0 aromatic carbocycles. The molecule has 2 aliphatic carbocycles. The Morgan fingerprint density at radius 3 is 2.40 bits per heavy atom. The summed E-state index contributed by atoms with van der Waals surface area (Å²) in [5.74, 6) is 7.18. The van der Waals surface area contributed by atoms with Crippen molar-refractivity contribution in [2.24, 2.45) is 16.7 Å². The molecular formula is C40H58O3. The maximum Gasteiger partial charge on any atom is 0.121 e. The van der Waals surface area contributed by atoms with Crippen molar-refractivity contribution in [1.82, 2.24) is 0 Å². The molecule has 1 heterocycles. The van der Waals surface area contributed by atoms with Crippen molar-refractivity contribution in [1.29, 1.82) is 0 Å². The van der Waals surface area contributed by atoms with Gasteiger partial charge in [0.25, 0.3) is 0 Å². The number of aliphatic hydroxyl groups excluding tert-OH is 2. The fourth-order valence-electron chi connectivity index (χ4n) is 7.27. The van der Waals surface area contributed by atoms with E-state index in [-0.39, 0.29) is 34.2 Å². The Morgan fingerprint density at radius 1 is 1.00 bits per heavy atom. The first-order valence-electron chi connectivity index (χ1n) is 16.3. The second kappa shape index (κ2) is 14.2. The molecule has 5 atom stereocenters. The molecule has 2 N–H and O–H groups in total. The van der Waals surface area contributed by atoms with E-state index >= 15 is 0 Å². The second-order valence-electron chi connectivity index (χ2n) is 15.1. The van der Waals surface area contributed by atoms with E-state index < -0.39 is 0 Å². The van der Waals surface area contributed by atoms with E-state index in [1.807, 2.05) is 0 Å². The Hall–Kier alpha value is -2.38. The number of hydrogen-bond acceptors (Lipinski definition) is 3. The molecule has 0 radical (unpaired) electrons. The Labute approximate surface area is 263 Å². The smallest absolute Gasteiger partial charge is 0.121 e. The third kappa shape index (κ3) is 9.07. The van der Waals surface area contributed by atoms with Crippen molar-refractivity contribution in [2.75, 3.05) is 0 Å². The molecule has 43 heavy (non-hydrogen) atoms. The first kappa shape index (κ1) is 35.1. The second-order valence-corrected chi connectivity index (χ2v) is 15.1. The quantitative estimate of drug-likeness (QED) is 0.152. The maximum atomic E-state index is 10.3. The van der Waals surface area contributed by atoms with Gasteiger partial charge in [-0.1, -0.05) is 112 Å². The Morgan fingerprint density at radius 2 is 1.72 bits per heavy atom. The summed E-state index contributed by atoms with van der Waals surface area (Å²) in [5.41, 5.74) is 5.43. The summed E-state index contributed by atoms with van der Waals surface area (Å²) in [4.78, 5) is 0. The zero-order valence-corrected chi connectivity index (χ0v) is 28.7. The van der Waals surface area contributed by atoms with Gasteiger partial charge in [-0.3, -0.25) is 0 Å². The Balaban J connectivity index is 1.42. The minimum absolute atomic E-state index is 0.0709. The van der Waals surface area contributed by atoms with Crippen LogP contribution in [-0.4, -0.2) is 33.6 Å². The molecule has 3 rings (SSSR count). The highest BCUT2D eigenvalue weighted by molar-refractivity contribution is 5.44. The highest BCUT2D eigenvalue weighted by atomic mass is 16.6. The van der Waals surface area contributed by atoms with Crippen LogP contribution in [0.2, 0.25) is 0 Å². The van der Waals surface area contributed by atoms with Crippen LogP contribution in [0.3, 0.4) is 0 Å². The largest absolute Gasteiger partial charge is 0.393 e. The summed E-state index contributed by atoms with van der Waals surface area (Å²) < 4.78 is 6.27. The van der Waals surface area contributed by atoms with Gasteiger partial charge in [-0.2, -0.15) is 0 Å². The third-order valence-corrected chi connectivity index (χ3v) is 9.68. The molecular weight excluding hydrogens is 528 g/mol. The highest BCUT2D eigenvalue weighted by Crippen LogP contribution is 2.66. The molecule has 0 amide bonds. The molecule has 3 heteroatoms. The van der Waals surface area contributed by atoms with E-state index in [4.69, 9.17) is 4.74 Å². The number of fused-ring (bicyclic) bond motifs is 1. The van der Waals surface area contributed by atoms with Gasteiger partial charge >= 0.3 is 0 Å². The molecule has 0 aromatic heterocycles. The minimum Gasteiger partial charge on any atom is -0.393 e. The summed E-state index contributed by atoms with van der Waals surface area (Å²) >= 11 is 0. The van der Waals surface area contributed by atoms with Crippen molar-refractivity contribution in [3.63, 3.8) is 0 Å². The molecule has 0 unspecified atom stereocenters. The van der Waals surface area contributed by atoms with Gasteiger partial charge < -0.3 is 14.9 Å². The van der Waals surface area contributed by atoms with Crippen molar-refractivity contribution in [3.05, 3.63) is 82.5 Å². The highest BCUT2D eigenvalue weighted by Gasteiger charge is 2.74. The lowest BCUT2D eigenvalue weighted by Crippen LogP contribution is -2.46. The summed E-state index contributed by atoms with van der Waals surface area (Å²) in [6.07, 6.45) is 25.4. The zero-order chi connectivity index (χ0) is 32.1.